The van der Waals surface area contributed by atoms with Crippen LogP contribution < -0.4 is 5.32 Å². The van der Waals surface area contributed by atoms with Crippen LogP contribution in [0.4, 0.5) is 0 Å². The van der Waals surface area contributed by atoms with Gasteiger partial charge in [-0.3, -0.25) is 9.97 Å². The molecule has 1 atom stereocenters. The lowest BCUT2D eigenvalue weighted by atomic mass is 9.84. The number of rotatable bonds is 6. The van der Waals surface area contributed by atoms with E-state index in [1.165, 1.54) is 16.7 Å². The summed E-state index contributed by atoms with van der Waals surface area (Å²) in [5.74, 6) is 0.489. The molecule has 0 aliphatic carbocycles. The number of pyridine rings is 2. The Morgan fingerprint density at radius 2 is 1.21 bits per heavy atom. The summed E-state index contributed by atoms with van der Waals surface area (Å²) in [4.78, 5) is 13.6. The maximum atomic E-state index is 5.78. The quantitative estimate of drug-likeness (QED) is 0.187. The zero-order chi connectivity index (χ0) is 31.9. The zero-order valence-electron chi connectivity index (χ0n) is 25.7. The van der Waals surface area contributed by atoms with Crippen molar-refractivity contribution in [1.82, 2.24) is 20.3 Å². The highest BCUT2D eigenvalue weighted by molar-refractivity contribution is 6.22. The number of nitrogens with one attached hydrogen (secondary N) is 1. The van der Waals surface area contributed by atoms with Crippen LogP contribution in [0.1, 0.15) is 11.9 Å². The van der Waals surface area contributed by atoms with E-state index in [-0.39, 0.29) is 6.23 Å². The molecular weight excluding hydrogens is 592 g/mol. The lowest BCUT2D eigenvalue weighted by Crippen LogP contribution is -2.12. The summed E-state index contributed by atoms with van der Waals surface area (Å²) in [6, 6.07) is 43.0. The van der Waals surface area contributed by atoms with Crippen molar-refractivity contribution in [3.05, 3.63) is 164 Å². The monoisotopic (exact) mass is 620 g/mol. The second kappa shape index (κ2) is 11.7. The van der Waals surface area contributed by atoms with Crippen LogP contribution in [0.5, 0.6) is 0 Å². The van der Waals surface area contributed by atoms with Crippen LogP contribution in [0.2, 0.25) is 0 Å². The Hall–Kier alpha value is -6.53. The Balaban J connectivity index is 1.35. The van der Waals surface area contributed by atoms with Crippen LogP contribution in [-0.2, 0) is 4.74 Å². The minimum Gasteiger partial charge on any atom is -0.471 e. The highest BCUT2D eigenvalue weighted by Crippen LogP contribution is 2.46. The third kappa shape index (κ3) is 4.79. The Labute approximate surface area is 277 Å². The molecule has 48 heavy (non-hydrogen) atoms. The molecule has 6 nitrogen and oxygen atoms in total. The maximum Gasteiger partial charge on any atom is 0.245 e. The van der Waals surface area contributed by atoms with E-state index in [0.29, 0.717) is 11.6 Å². The third-order valence-electron chi connectivity index (χ3n) is 8.92. The first-order valence-electron chi connectivity index (χ1n) is 15.8. The van der Waals surface area contributed by atoms with Crippen molar-refractivity contribution in [1.29, 1.82) is 0 Å². The summed E-state index contributed by atoms with van der Waals surface area (Å²) in [5.41, 5.74) is 10.5. The molecule has 0 fully saturated rings. The van der Waals surface area contributed by atoms with Crippen molar-refractivity contribution in [2.75, 3.05) is 0 Å². The Kier molecular flexibility index (Phi) is 6.75. The molecule has 228 valence electrons. The first kappa shape index (κ1) is 27.8. The number of oxazole rings is 1. The Morgan fingerprint density at radius 3 is 1.96 bits per heavy atom. The van der Waals surface area contributed by atoms with Crippen LogP contribution >= 0.6 is 0 Å². The van der Waals surface area contributed by atoms with Crippen molar-refractivity contribution in [3.8, 4) is 56.1 Å². The normalized spacial score (nSPS) is 13.9. The smallest absolute Gasteiger partial charge is 0.245 e. The van der Waals surface area contributed by atoms with E-state index in [1.807, 2.05) is 12.4 Å². The summed E-state index contributed by atoms with van der Waals surface area (Å²) in [6.07, 6.45) is 10.0. The summed E-state index contributed by atoms with van der Waals surface area (Å²) in [5, 5.41) is 7.78. The average Bonchev–Trinajstić information content (AvgIpc) is 3.90. The topological polar surface area (TPSA) is 73.1 Å². The molecule has 0 amide bonds. The highest BCUT2D eigenvalue weighted by Gasteiger charge is 2.21. The van der Waals surface area contributed by atoms with Gasteiger partial charge in [0, 0.05) is 18.6 Å². The lowest BCUT2D eigenvalue weighted by molar-refractivity contribution is 0.150. The van der Waals surface area contributed by atoms with Crippen LogP contribution in [0.15, 0.2) is 163 Å². The molecular formula is C42H28N4O2. The fourth-order valence-corrected chi connectivity index (χ4v) is 6.81. The molecule has 0 spiro atoms. The first-order chi connectivity index (χ1) is 23.8. The number of ether oxygens (including phenoxy) is 1. The van der Waals surface area contributed by atoms with Crippen LogP contribution in [-0.4, -0.2) is 15.0 Å². The number of fused-ring (bicyclic) bond motifs is 2. The van der Waals surface area contributed by atoms with Crippen molar-refractivity contribution in [3.63, 3.8) is 0 Å². The molecule has 0 radical (unpaired) electrons. The van der Waals surface area contributed by atoms with Crippen molar-refractivity contribution < 1.29 is 9.15 Å². The van der Waals surface area contributed by atoms with Gasteiger partial charge in [0.1, 0.15) is 23.9 Å². The second-order valence-electron chi connectivity index (χ2n) is 11.7. The van der Waals surface area contributed by atoms with E-state index in [2.05, 4.69) is 142 Å². The summed E-state index contributed by atoms with van der Waals surface area (Å²) < 4.78 is 11.4. The third-order valence-corrected chi connectivity index (χ3v) is 8.92. The van der Waals surface area contributed by atoms with Crippen molar-refractivity contribution in [2.24, 2.45) is 0 Å². The molecule has 3 aromatic heterocycles. The molecule has 0 saturated heterocycles. The first-order valence-corrected chi connectivity index (χ1v) is 15.8. The predicted octanol–water partition coefficient (Wildman–Crippen LogP) is 10.2. The standard InChI is InChI=1S/C42H28N4O2/c1-2-8-27(9-3-1)31-10-4-5-11-32(31)28-14-15-35-36(24-28)40(30-17-19-44-38(26-30)42-46-21-23-48-42)34-13-7-6-12-33(34)39(35)29-16-18-43-37(25-29)41-45-20-22-47-41/h1-26,42,46H. The average molecular weight is 621 g/mol. The van der Waals surface area contributed by atoms with Gasteiger partial charge in [0.25, 0.3) is 0 Å². The van der Waals surface area contributed by atoms with E-state index in [4.69, 9.17) is 9.15 Å². The molecule has 0 saturated carbocycles. The molecule has 1 N–H and O–H groups in total. The lowest BCUT2D eigenvalue weighted by Gasteiger charge is -2.20. The van der Waals surface area contributed by atoms with Crippen molar-refractivity contribution in [2.45, 2.75) is 6.23 Å². The van der Waals surface area contributed by atoms with E-state index in [1.54, 1.807) is 24.9 Å². The van der Waals surface area contributed by atoms with E-state index in [0.717, 1.165) is 55.1 Å². The van der Waals surface area contributed by atoms with Gasteiger partial charge in [-0.1, -0.05) is 91.0 Å². The van der Waals surface area contributed by atoms with Gasteiger partial charge in [-0.05, 0) is 96.4 Å². The minimum atomic E-state index is -0.333. The molecule has 5 aromatic carbocycles. The van der Waals surface area contributed by atoms with Crippen molar-refractivity contribution >= 4 is 21.5 Å². The summed E-state index contributed by atoms with van der Waals surface area (Å²) >= 11 is 0. The van der Waals surface area contributed by atoms with Crippen LogP contribution in [0.25, 0.3) is 77.6 Å². The number of hydrogen-bond acceptors (Lipinski definition) is 6. The molecule has 1 unspecified atom stereocenters. The zero-order valence-corrected chi connectivity index (χ0v) is 25.7. The highest BCUT2D eigenvalue weighted by atomic mass is 16.5. The molecule has 6 heteroatoms. The Morgan fingerprint density at radius 1 is 0.521 bits per heavy atom. The maximum absolute atomic E-state index is 5.78. The van der Waals surface area contributed by atoms with E-state index in [9.17, 15) is 0 Å². The van der Waals surface area contributed by atoms with Crippen LogP contribution in [0.3, 0.4) is 0 Å². The number of aromatic nitrogens is 3. The second-order valence-corrected chi connectivity index (χ2v) is 11.7. The molecule has 0 bridgehead atoms. The Bertz CT molecular complexity index is 2460. The molecule has 4 heterocycles. The molecule has 9 rings (SSSR count). The van der Waals surface area contributed by atoms with Crippen LogP contribution in [0, 0.1) is 0 Å². The molecule has 1 aliphatic heterocycles. The van der Waals surface area contributed by atoms with Gasteiger partial charge in [-0.2, -0.15) is 0 Å². The predicted molar refractivity (Wildman–Crippen MR) is 190 cm³/mol. The molecule has 8 aromatic rings. The number of nitrogens with zero attached hydrogens (tertiary/aromatic N) is 3. The minimum absolute atomic E-state index is 0.333. The fourth-order valence-electron chi connectivity index (χ4n) is 6.81. The number of hydrogen-bond donors (Lipinski definition) is 1. The van der Waals surface area contributed by atoms with Gasteiger partial charge in [0.15, 0.2) is 0 Å². The molecule has 1 aliphatic rings. The van der Waals surface area contributed by atoms with Gasteiger partial charge < -0.3 is 14.5 Å². The number of benzene rings is 5. The van der Waals surface area contributed by atoms with E-state index >= 15 is 0 Å². The van der Waals surface area contributed by atoms with Gasteiger partial charge in [-0.15, -0.1) is 0 Å². The van der Waals surface area contributed by atoms with Gasteiger partial charge in [0.05, 0.1) is 6.20 Å². The summed E-state index contributed by atoms with van der Waals surface area (Å²) in [6.45, 7) is 0. The largest absolute Gasteiger partial charge is 0.471 e. The fraction of sp³-hybridized carbons (Fsp3) is 0.0238. The van der Waals surface area contributed by atoms with E-state index < -0.39 is 0 Å². The van der Waals surface area contributed by atoms with Gasteiger partial charge in [-0.25, -0.2) is 4.98 Å². The summed E-state index contributed by atoms with van der Waals surface area (Å²) in [7, 11) is 0. The van der Waals surface area contributed by atoms with Gasteiger partial charge >= 0.3 is 0 Å². The van der Waals surface area contributed by atoms with Gasteiger partial charge in [0.2, 0.25) is 12.1 Å². The SMILES string of the molecule is C1=COC(c2cc(-c3c4ccccc4c(-c4ccnc(-c5ncco5)c4)c4ccc(-c5ccccc5-c5ccccc5)cc34)ccn2)N1.